The van der Waals surface area contributed by atoms with E-state index in [2.05, 4.69) is 20.4 Å². The first-order valence-corrected chi connectivity index (χ1v) is 14.4. The fourth-order valence-corrected chi connectivity index (χ4v) is 6.73. The molecule has 0 spiro atoms. The second-order valence-corrected chi connectivity index (χ2v) is 11.2. The molecule has 0 aliphatic carbocycles. The first kappa shape index (κ1) is 28.4. The topological polar surface area (TPSA) is 120 Å². The molecule has 0 N–H and O–H groups in total. The van der Waals surface area contributed by atoms with Crippen LogP contribution in [0.1, 0.15) is 36.6 Å². The van der Waals surface area contributed by atoms with Gasteiger partial charge in [-0.15, -0.1) is 11.8 Å². The van der Waals surface area contributed by atoms with Gasteiger partial charge in [0.1, 0.15) is 24.0 Å². The lowest BCUT2D eigenvalue weighted by atomic mass is 10.0. The summed E-state index contributed by atoms with van der Waals surface area (Å²) in [6.45, 7) is 0.988. The molecule has 0 radical (unpaired) electrons. The molecule has 41 heavy (non-hydrogen) atoms. The lowest BCUT2D eigenvalue weighted by Crippen LogP contribution is -2.47. The smallest absolute Gasteiger partial charge is 0.415 e. The number of carbonyl (C=O) groups excluding carboxylic acids is 2. The van der Waals surface area contributed by atoms with Gasteiger partial charge >= 0.3 is 6.09 Å². The standard InChI is InChI=1S/C29H31N5O6S/c1-39-24-11-7-22(8-12-24)19-41-26-16-33(29(36)40-18-21-5-9-23(10-6-21)34(37)38)25(17-35)28(26)32-14-3-2-4-27(32)31-15-13-30-20-31/h5-13,15,20,26-28H,2-4,14,16,18-19H2,1H3/t26-,27+,28?/m0/s1. The number of nitro groups is 1. The third-order valence-electron chi connectivity index (χ3n) is 7.48. The van der Waals surface area contributed by atoms with Crippen molar-refractivity contribution in [3.05, 3.63) is 94.2 Å². The normalized spacial score (nSPS) is 21.0. The number of ether oxygens (including phenoxy) is 2. The Bertz CT molecular complexity index is 1390. The van der Waals surface area contributed by atoms with Gasteiger partial charge in [-0.1, -0.05) is 12.1 Å². The minimum Gasteiger partial charge on any atom is -0.497 e. The molecule has 5 rings (SSSR count). The number of thioether (sulfide) groups is 1. The molecule has 0 saturated carbocycles. The number of nitrogens with zero attached hydrogens (tertiary/aromatic N) is 5. The predicted molar refractivity (Wildman–Crippen MR) is 153 cm³/mol. The number of nitro benzene ring substituents is 1. The van der Waals surface area contributed by atoms with Crippen molar-refractivity contribution in [3.8, 4) is 5.75 Å². The Morgan fingerprint density at radius 3 is 2.56 bits per heavy atom. The van der Waals surface area contributed by atoms with Gasteiger partial charge in [0.15, 0.2) is 0 Å². The van der Waals surface area contributed by atoms with Crippen LogP contribution in [-0.4, -0.2) is 67.8 Å². The number of methoxy groups -OCH3 is 1. The summed E-state index contributed by atoms with van der Waals surface area (Å²) < 4.78 is 12.9. The van der Waals surface area contributed by atoms with Crippen LogP contribution in [0.5, 0.6) is 5.75 Å². The summed E-state index contributed by atoms with van der Waals surface area (Å²) in [6, 6.07) is 13.3. The van der Waals surface area contributed by atoms with Crippen molar-refractivity contribution < 1.29 is 24.0 Å². The fourth-order valence-electron chi connectivity index (χ4n) is 5.41. The van der Waals surface area contributed by atoms with Crippen LogP contribution in [0, 0.1) is 10.1 Å². The zero-order chi connectivity index (χ0) is 28.8. The van der Waals surface area contributed by atoms with Crippen molar-refractivity contribution in [3.63, 3.8) is 0 Å². The third-order valence-corrected chi connectivity index (χ3v) is 8.82. The summed E-state index contributed by atoms with van der Waals surface area (Å²) >= 11 is 1.69. The van der Waals surface area contributed by atoms with E-state index in [1.54, 1.807) is 43.5 Å². The summed E-state index contributed by atoms with van der Waals surface area (Å²) in [4.78, 5) is 44.2. The van der Waals surface area contributed by atoms with Gasteiger partial charge in [-0.05, 0) is 54.7 Å². The third kappa shape index (κ3) is 6.45. The van der Waals surface area contributed by atoms with E-state index >= 15 is 0 Å². The largest absolute Gasteiger partial charge is 0.497 e. The lowest BCUT2D eigenvalue weighted by Gasteiger charge is -2.41. The van der Waals surface area contributed by atoms with E-state index in [4.69, 9.17) is 9.47 Å². The quantitative estimate of drug-likeness (QED) is 0.200. The number of benzene rings is 2. The van der Waals surface area contributed by atoms with Crippen molar-refractivity contribution >= 4 is 29.5 Å². The first-order chi connectivity index (χ1) is 20.0. The maximum Gasteiger partial charge on any atom is 0.415 e. The van der Waals surface area contributed by atoms with E-state index in [0.717, 1.165) is 37.1 Å². The molecule has 2 aliphatic rings. The number of rotatable bonds is 9. The van der Waals surface area contributed by atoms with Crippen molar-refractivity contribution in [2.45, 2.75) is 49.1 Å². The van der Waals surface area contributed by atoms with Crippen molar-refractivity contribution in [2.75, 3.05) is 20.2 Å². The van der Waals surface area contributed by atoms with E-state index in [0.29, 0.717) is 17.9 Å². The van der Waals surface area contributed by atoms with Crippen LogP contribution in [0.2, 0.25) is 0 Å². The van der Waals surface area contributed by atoms with E-state index in [1.807, 2.05) is 30.5 Å². The molecule has 1 unspecified atom stereocenters. The number of likely N-dealkylation sites (tertiary alicyclic amines) is 2. The number of hydrogen-bond donors (Lipinski definition) is 0. The molecule has 3 aromatic rings. The van der Waals surface area contributed by atoms with Gasteiger partial charge in [-0.25, -0.2) is 14.6 Å². The Labute approximate surface area is 241 Å². The number of hydrogen-bond acceptors (Lipinski definition) is 9. The van der Waals surface area contributed by atoms with Crippen molar-refractivity contribution in [1.82, 2.24) is 19.4 Å². The Morgan fingerprint density at radius 2 is 1.90 bits per heavy atom. The van der Waals surface area contributed by atoms with Gasteiger partial charge in [0.05, 0.1) is 30.6 Å². The Kier molecular flexibility index (Phi) is 9.03. The van der Waals surface area contributed by atoms with Crippen LogP contribution < -0.4 is 4.74 Å². The predicted octanol–water partition coefficient (Wildman–Crippen LogP) is 4.82. The van der Waals surface area contributed by atoms with Gasteiger partial charge in [0, 0.05) is 48.6 Å². The molecule has 3 heterocycles. The second kappa shape index (κ2) is 13.0. The number of piperidine rings is 1. The Morgan fingerprint density at radius 1 is 1.15 bits per heavy atom. The van der Waals surface area contributed by atoms with E-state index in [-0.39, 0.29) is 35.4 Å². The summed E-state index contributed by atoms with van der Waals surface area (Å²) in [5.41, 5.74) is 1.94. The SMILES string of the molecule is COc1ccc(CS[C@H]2CN(C(=O)OCc3ccc([N+](=O)[O-])cc3)C(=C=O)C2N2CCCC[C@@H]2n2ccnc2)cc1. The highest BCUT2D eigenvalue weighted by Crippen LogP contribution is 2.40. The van der Waals surface area contributed by atoms with Gasteiger partial charge in [0.25, 0.3) is 5.69 Å². The van der Waals surface area contributed by atoms with Crippen molar-refractivity contribution in [1.29, 1.82) is 0 Å². The molecule has 0 bridgehead atoms. The van der Waals surface area contributed by atoms with E-state index in [1.165, 1.54) is 17.0 Å². The molecule has 214 valence electrons. The lowest BCUT2D eigenvalue weighted by molar-refractivity contribution is -0.384. The molecule has 1 aromatic heterocycles. The zero-order valence-corrected chi connectivity index (χ0v) is 23.4. The molecule has 2 aliphatic heterocycles. The fraction of sp³-hybridized carbons (Fsp3) is 0.379. The number of amides is 1. The molecule has 3 atom stereocenters. The number of carbonyl (C=O) groups is 1. The number of imidazole rings is 1. The average molecular weight is 578 g/mol. The Balaban J connectivity index is 1.36. The first-order valence-electron chi connectivity index (χ1n) is 13.4. The molecule has 2 aromatic carbocycles. The van der Waals surface area contributed by atoms with Crippen molar-refractivity contribution in [2.24, 2.45) is 0 Å². The molecule has 12 heteroatoms. The number of aromatic nitrogens is 2. The van der Waals surface area contributed by atoms with Crippen LogP contribution >= 0.6 is 11.8 Å². The molecule has 2 fully saturated rings. The van der Waals surface area contributed by atoms with Crippen LogP contribution in [-0.2, 0) is 21.9 Å². The molecular formula is C29H31N5O6S. The summed E-state index contributed by atoms with van der Waals surface area (Å²) in [5.74, 6) is 3.56. The summed E-state index contributed by atoms with van der Waals surface area (Å²) in [6.07, 6.45) is 7.76. The monoisotopic (exact) mass is 577 g/mol. The molecule has 2 saturated heterocycles. The average Bonchev–Trinajstić information content (AvgIpc) is 3.68. The Hall–Kier alpha value is -4.12. The van der Waals surface area contributed by atoms with Gasteiger partial charge in [-0.3, -0.25) is 19.9 Å². The van der Waals surface area contributed by atoms with Gasteiger partial charge in [0.2, 0.25) is 0 Å². The maximum atomic E-state index is 13.3. The zero-order valence-electron chi connectivity index (χ0n) is 22.6. The summed E-state index contributed by atoms with van der Waals surface area (Å²) in [7, 11) is 1.63. The highest BCUT2D eigenvalue weighted by molar-refractivity contribution is 7.99. The van der Waals surface area contributed by atoms with Gasteiger partial charge in [-0.2, -0.15) is 0 Å². The number of non-ortho nitro benzene ring substituents is 1. The second-order valence-electron chi connectivity index (χ2n) is 9.94. The highest BCUT2D eigenvalue weighted by Gasteiger charge is 2.47. The van der Waals surface area contributed by atoms with Gasteiger partial charge < -0.3 is 14.0 Å². The van der Waals surface area contributed by atoms with Crippen LogP contribution in [0.25, 0.3) is 0 Å². The molecule has 1 amide bonds. The maximum absolute atomic E-state index is 13.3. The summed E-state index contributed by atoms with van der Waals surface area (Å²) in [5, 5.41) is 10.8. The van der Waals surface area contributed by atoms with Crippen LogP contribution in [0.3, 0.4) is 0 Å². The van der Waals surface area contributed by atoms with E-state index in [9.17, 15) is 19.7 Å². The van der Waals surface area contributed by atoms with E-state index < -0.39 is 11.0 Å². The highest BCUT2D eigenvalue weighted by atomic mass is 32.2. The minimum atomic E-state index is -0.643. The minimum absolute atomic E-state index is 0.000216. The van der Waals surface area contributed by atoms with Crippen LogP contribution in [0.15, 0.2) is 72.9 Å². The molecule has 11 nitrogen and oxygen atoms in total. The molecular weight excluding hydrogens is 546 g/mol. The van der Waals surface area contributed by atoms with Crippen LogP contribution in [0.4, 0.5) is 10.5 Å².